The molecule has 0 aliphatic heterocycles. The molecule has 2 aromatic carbocycles. The highest BCUT2D eigenvalue weighted by Crippen LogP contribution is 2.27. The second kappa shape index (κ2) is 8.58. The molecule has 0 saturated heterocycles. The van der Waals surface area contributed by atoms with Crippen molar-refractivity contribution >= 4 is 12.3 Å². The van der Waals surface area contributed by atoms with Crippen molar-refractivity contribution in [1.82, 2.24) is 0 Å². The zero-order valence-corrected chi connectivity index (χ0v) is 12.9. The Hall–Kier alpha value is -2.82. The highest BCUT2D eigenvalue weighted by molar-refractivity contribution is 5.74. The van der Waals surface area contributed by atoms with Crippen molar-refractivity contribution in [2.24, 2.45) is 0 Å². The quantitative estimate of drug-likeness (QED) is 0.553. The molecule has 0 fully saturated rings. The monoisotopic (exact) mass is 314 g/mol. The molecule has 23 heavy (non-hydrogen) atoms. The van der Waals surface area contributed by atoms with Crippen LogP contribution in [0.1, 0.15) is 22.8 Å². The summed E-state index contributed by atoms with van der Waals surface area (Å²) in [7, 11) is 0. The predicted molar refractivity (Wildman–Crippen MR) is 84.7 cm³/mol. The summed E-state index contributed by atoms with van der Waals surface area (Å²) in [6, 6.07) is 14.2. The highest BCUT2D eigenvalue weighted by Gasteiger charge is 2.08. The van der Waals surface area contributed by atoms with Crippen LogP contribution in [0.2, 0.25) is 0 Å². The van der Waals surface area contributed by atoms with Crippen molar-refractivity contribution in [2.75, 3.05) is 13.2 Å². The van der Waals surface area contributed by atoms with E-state index in [9.17, 15) is 9.59 Å². The SMILES string of the molecule is CCOC(=O)COc1ccccc1OCc1cccc(C=O)c1. The first kappa shape index (κ1) is 16.5. The van der Waals surface area contributed by atoms with Gasteiger partial charge in [-0.05, 0) is 30.7 Å². The molecule has 0 aromatic heterocycles. The molecule has 0 N–H and O–H groups in total. The fourth-order valence-electron chi connectivity index (χ4n) is 1.95. The van der Waals surface area contributed by atoms with Crippen molar-refractivity contribution in [1.29, 1.82) is 0 Å². The second-order valence-electron chi connectivity index (χ2n) is 4.69. The molecule has 0 heterocycles. The number of hydrogen-bond donors (Lipinski definition) is 0. The second-order valence-corrected chi connectivity index (χ2v) is 4.69. The smallest absolute Gasteiger partial charge is 0.344 e. The van der Waals surface area contributed by atoms with E-state index in [2.05, 4.69) is 0 Å². The van der Waals surface area contributed by atoms with Gasteiger partial charge in [0.1, 0.15) is 12.9 Å². The number of hydrogen-bond acceptors (Lipinski definition) is 5. The third-order valence-corrected chi connectivity index (χ3v) is 2.98. The Morgan fingerprint density at radius 3 is 2.48 bits per heavy atom. The van der Waals surface area contributed by atoms with Gasteiger partial charge in [-0.1, -0.05) is 30.3 Å². The van der Waals surface area contributed by atoms with Crippen LogP contribution in [0.25, 0.3) is 0 Å². The number of ether oxygens (including phenoxy) is 3. The van der Waals surface area contributed by atoms with Crippen LogP contribution in [0.4, 0.5) is 0 Å². The summed E-state index contributed by atoms with van der Waals surface area (Å²) in [6.45, 7) is 2.17. The maximum atomic E-state index is 11.4. The fraction of sp³-hybridized carbons (Fsp3) is 0.222. The minimum absolute atomic E-state index is 0.172. The number of benzene rings is 2. The Bertz CT molecular complexity index is 666. The molecule has 0 radical (unpaired) electrons. The van der Waals surface area contributed by atoms with E-state index in [1.165, 1.54) is 0 Å². The van der Waals surface area contributed by atoms with Gasteiger partial charge >= 0.3 is 5.97 Å². The first-order chi connectivity index (χ1) is 11.2. The molecular weight excluding hydrogens is 296 g/mol. The molecule has 0 aliphatic rings. The van der Waals surface area contributed by atoms with Gasteiger partial charge in [0.05, 0.1) is 6.61 Å². The lowest BCUT2D eigenvalue weighted by molar-refractivity contribution is -0.145. The van der Waals surface area contributed by atoms with E-state index in [0.717, 1.165) is 11.8 Å². The van der Waals surface area contributed by atoms with Gasteiger partial charge < -0.3 is 14.2 Å². The average molecular weight is 314 g/mol. The lowest BCUT2D eigenvalue weighted by atomic mass is 10.1. The average Bonchev–Trinajstić information content (AvgIpc) is 2.59. The topological polar surface area (TPSA) is 61.8 Å². The van der Waals surface area contributed by atoms with Gasteiger partial charge in [0, 0.05) is 5.56 Å². The van der Waals surface area contributed by atoms with Crippen molar-refractivity contribution in [3.63, 3.8) is 0 Å². The minimum atomic E-state index is -0.430. The summed E-state index contributed by atoms with van der Waals surface area (Å²) in [5, 5.41) is 0. The maximum absolute atomic E-state index is 11.4. The molecule has 2 aromatic rings. The van der Waals surface area contributed by atoms with Gasteiger partial charge in [-0.3, -0.25) is 4.79 Å². The van der Waals surface area contributed by atoms with Crippen LogP contribution >= 0.6 is 0 Å². The van der Waals surface area contributed by atoms with Gasteiger partial charge in [0.2, 0.25) is 0 Å². The van der Waals surface area contributed by atoms with Gasteiger partial charge in [-0.15, -0.1) is 0 Å². The lowest BCUT2D eigenvalue weighted by Gasteiger charge is -2.12. The minimum Gasteiger partial charge on any atom is -0.485 e. The molecule has 5 heteroatoms. The third-order valence-electron chi connectivity index (χ3n) is 2.98. The number of esters is 1. The van der Waals surface area contributed by atoms with Gasteiger partial charge in [0.15, 0.2) is 18.1 Å². The molecule has 0 atom stereocenters. The molecule has 5 nitrogen and oxygen atoms in total. The number of rotatable bonds is 8. The largest absolute Gasteiger partial charge is 0.485 e. The zero-order chi connectivity index (χ0) is 16.5. The Morgan fingerprint density at radius 2 is 1.78 bits per heavy atom. The van der Waals surface area contributed by atoms with E-state index in [0.29, 0.717) is 30.3 Å². The predicted octanol–water partition coefficient (Wildman–Crippen LogP) is 3.02. The van der Waals surface area contributed by atoms with Crippen LogP contribution in [0.3, 0.4) is 0 Å². The summed E-state index contributed by atoms with van der Waals surface area (Å²) in [5.41, 5.74) is 1.47. The summed E-state index contributed by atoms with van der Waals surface area (Å²) < 4.78 is 16.0. The first-order valence-electron chi connectivity index (χ1n) is 7.27. The highest BCUT2D eigenvalue weighted by atomic mass is 16.6. The van der Waals surface area contributed by atoms with E-state index in [1.54, 1.807) is 43.3 Å². The molecule has 0 spiro atoms. The maximum Gasteiger partial charge on any atom is 0.344 e. The number of para-hydroxylation sites is 2. The van der Waals surface area contributed by atoms with Crippen LogP contribution in [0, 0.1) is 0 Å². The molecule has 0 saturated carbocycles. The van der Waals surface area contributed by atoms with Crippen molar-refractivity contribution in [3.8, 4) is 11.5 Å². The van der Waals surface area contributed by atoms with Gasteiger partial charge in [-0.2, -0.15) is 0 Å². The van der Waals surface area contributed by atoms with Crippen molar-refractivity contribution in [2.45, 2.75) is 13.5 Å². The van der Waals surface area contributed by atoms with E-state index < -0.39 is 5.97 Å². The Kier molecular flexibility index (Phi) is 6.17. The summed E-state index contributed by atoms with van der Waals surface area (Å²) in [5.74, 6) is 0.557. The standard InChI is InChI=1S/C18H18O5/c1-2-21-18(20)13-23-17-9-4-3-8-16(17)22-12-15-7-5-6-14(10-15)11-19/h3-11H,2,12-13H2,1H3. The molecular formula is C18H18O5. The number of carbonyl (C=O) groups excluding carboxylic acids is 2. The van der Waals surface area contributed by atoms with Crippen molar-refractivity contribution in [3.05, 3.63) is 59.7 Å². The van der Waals surface area contributed by atoms with E-state index in [-0.39, 0.29) is 6.61 Å². The molecule has 0 aliphatic carbocycles. The van der Waals surface area contributed by atoms with Crippen LogP contribution in [-0.2, 0) is 16.1 Å². The zero-order valence-electron chi connectivity index (χ0n) is 12.9. The number of aldehydes is 1. The van der Waals surface area contributed by atoms with Gasteiger partial charge in [-0.25, -0.2) is 4.79 Å². The molecule has 0 unspecified atom stereocenters. The number of carbonyl (C=O) groups is 2. The van der Waals surface area contributed by atoms with E-state index in [1.807, 2.05) is 12.1 Å². The van der Waals surface area contributed by atoms with Crippen LogP contribution in [0.5, 0.6) is 11.5 Å². The van der Waals surface area contributed by atoms with E-state index in [4.69, 9.17) is 14.2 Å². The van der Waals surface area contributed by atoms with E-state index >= 15 is 0 Å². The summed E-state index contributed by atoms with van der Waals surface area (Å²) in [6.07, 6.45) is 0.792. The fourth-order valence-corrected chi connectivity index (χ4v) is 1.95. The Balaban J connectivity index is 1.99. The first-order valence-corrected chi connectivity index (χ1v) is 7.27. The molecule has 0 bridgehead atoms. The van der Waals surface area contributed by atoms with Crippen LogP contribution < -0.4 is 9.47 Å². The third kappa shape index (κ3) is 5.14. The molecule has 120 valence electrons. The van der Waals surface area contributed by atoms with Gasteiger partial charge in [0.25, 0.3) is 0 Å². The lowest BCUT2D eigenvalue weighted by Crippen LogP contribution is -2.15. The summed E-state index contributed by atoms with van der Waals surface area (Å²) >= 11 is 0. The van der Waals surface area contributed by atoms with Crippen LogP contribution in [0.15, 0.2) is 48.5 Å². The van der Waals surface area contributed by atoms with Crippen LogP contribution in [-0.4, -0.2) is 25.5 Å². The summed E-state index contributed by atoms with van der Waals surface area (Å²) in [4.78, 5) is 22.1. The van der Waals surface area contributed by atoms with Crippen molar-refractivity contribution < 1.29 is 23.8 Å². The Labute approximate surface area is 134 Å². The molecule has 2 rings (SSSR count). The normalized spacial score (nSPS) is 9.96. The Morgan fingerprint density at radius 1 is 1.04 bits per heavy atom. The molecule has 0 amide bonds.